The highest BCUT2D eigenvalue weighted by molar-refractivity contribution is 7.34. The second kappa shape index (κ2) is 8.74. The Morgan fingerprint density at radius 1 is 1.18 bits per heavy atom. The minimum atomic E-state index is 0.0484. The first-order chi connectivity index (χ1) is 5.27. The SMILES string of the molecule is CCCCCCC[SiH2][SiH](C)[SiH3]. The molecule has 0 bridgehead atoms. The lowest BCUT2D eigenvalue weighted by Gasteiger charge is -2.01. The Morgan fingerprint density at radius 3 is 2.36 bits per heavy atom. The average molecular weight is 205 g/mol. The molecular weight excluding hydrogens is 180 g/mol. The highest BCUT2D eigenvalue weighted by Crippen LogP contribution is 2.04. The van der Waals surface area contributed by atoms with Gasteiger partial charge in [0.15, 0.2) is 0 Å². The Morgan fingerprint density at radius 2 is 1.82 bits per heavy atom. The van der Waals surface area contributed by atoms with Gasteiger partial charge in [0.25, 0.3) is 0 Å². The topological polar surface area (TPSA) is 0 Å². The Labute approximate surface area is 78.6 Å². The molecule has 0 spiro atoms. The third kappa shape index (κ3) is 10.7. The van der Waals surface area contributed by atoms with Crippen LogP contribution in [0.2, 0.25) is 12.6 Å². The van der Waals surface area contributed by atoms with Gasteiger partial charge >= 0.3 is 0 Å². The predicted molar refractivity (Wildman–Crippen MR) is 65.1 cm³/mol. The summed E-state index contributed by atoms with van der Waals surface area (Å²) in [6.07, 6.45) is 7.47. The summed E-state index contributed by atoms with van der Waals surface area (Å²) in [6.45, 7) is 4.87. The molecule has 0 saturated carbocycles. The van der Waals surface area contributed by atoms with Crippen molar-refractivity contribution in [3.63, 3.8) is 0 Å². The first-order valence-electron chi connectivity index (χ1n) is 5.27. The van der Waals surface area contributed by atoms with Gasteiger partial charge in [-0.15, -0.1) is 0 Å². The molecule has 68 valence electrons. The maximum atomic E-state index is 2.57. The molecule has 1 atom stereocenters. The highest BCUT2D eigenvalue weighted by Gasteiger charge is 1.95. The summed E-state index contributed by atoms with van der Waals surface area (Å²) in [5.41, 5.74) is 0. The van der Waals surface area contributed by atoms with Gasteiger partial charge in [-0.2, -0.15) is 0 Å². The smallest absolute Gasteiger partial charge is 0.00809 e. The molecule has 0 aliphatic carbocycles. The van der Waals surface area contributed by atoms with Crippen LogP contribution in [0.15, 0.2) is 0 Å². The number of rotatable bonds is 7. The lowest BCUT2D eigenvalue weighted by Crippen LogP contribution is -2.17. The monoisotopic (exact) mass is 204 g/mol. The fourth-order valence-corrected chi connectivity index (χ4v) is 9.78. The van der Waals surface area contributed by atoms with E-state index in [9.17, 15) is 0 Å². The van der Waals surface area contributed by atoms with Crippen molar-refractivity contribution >= 4 is 26.6 Å². The van der Waals surface area contributed by atoms with Crippen LogP contribution in [0.5, 0.6) is 0 Å². The quantitative estimate of drug-likeness (QED) is 0.424. The van der Waals surface area contributed by atoms with Crippen LogP contribution >= 0.6 is 0 Å². The lowest BCUT2D eigenvalue weighted by molar-refractivity contribution is 0.656. The molecule has 0 aliphatic rings. The van der Waals surface area contributed by atoms with Crippen molar-refractivity contribution in [3.05, 3.63) is 0 Å². The van der Waals surface area contributed by atoms with Crippen molar-refractivity contribution in [2.24, 2.45) is 0 Å². The molecule has 3 heteroatoms. The van der Waals surface area contributed by atoms with E-state index in [-0.39, 0.29) is 7.83 Å². The molecule has 0 aromatic heterocycles. The Hall–Kier alpha value is 0.651. The van der Waals surface area contributed by atoms with Gasteiger partial charge in [0.2, 0.25) is 0 Å². The second-order valence-corrected chi connectivity index (χ2v) is 25.5. The first kappa shape index (κ1) is 11.7. The van der Waals surface area contributed by atoms with Crippen molar-refractivity contribution in [2.75, 3.05) is 0 Å². The van der Waals surface area contributed by atoms with Crippen LogP contribution in [0.4, 0.5) is 0 Å². The van der Waals surface area contributed by atoms with E-state index in [0.717, 1.165) is 0 Å². The molecule has 11 heavy (non-hydrogen) atoms. The molecule has 0 amide bonds. The second-order valence-electron chi connectivity index (χ2n) is 3.95. The van der Waals surface area contributed by atoms with E-state index in [1.807, 2.05) is 0 Å². The van der Waals surface area contributed by atoms with Crippen molar-refractivity contribution in [3.8, 4) is 0 Å². The highest BCUT2D eigenvalue weighted by atomic mass is 29.5. The molecule has 0 aromatic carbocycles. The number of hydrogen-bond donors (Lipinski definition) is 0. The predicted octanol–water partition coefficient (Wildman–Crippen LogP) is 0.760. The molecule has 0 radical (unpaired) electrons. The van der Waals surface area contributed by atoms with Gasteiger partial charge in [0, 0.05) is 16.9 Å². The van der Waals surface area contributed by atoms with E-state index in [1.54, 1.807) is 22.2 Å². The van der Waals surface area contributed by atoms with Gasteiger partial charge in [-0.3, -0.25) is 0 Å². The van der Waals surface area contributed by atoms with Crippen LogP contribution in [0.3, 0.4) is 0 Å². The summed E-state index contributed by atoms with van der Waals surface area (Å²) in [7, 11) is 2.15. The van der Waals surface area contributed by atoms with E-state index in [1.165, 1.54) is 25.7 Å². The van der Waals surface area contributed by atoms with E-state index >= 15 is 0 Å². The zero-order chi connectivity index (χ0) is 8.53. The van der Waals surface area contributed by atoms with Crippen LogP contribution < -0.4 is 0 Å². The molecule has 0 aromatic rings. The van der Waals surface area contributed by atoms with Crippen molar-refractivity contribution in [1.29, 1.82) is 0 Å². The summed E-state index contributed by atoms with van der Waals surface area (Å²) >= 11 is 0. The maximum absolute atomic E-state index is 2.57. The molecule has 0 N–H and O–H groups in total. The van der Waals surface area contributed by atoms with Gasteiger partial charge in [0.1, 0.15) is 0 Å². The zero-order valence-corrected chi connectivity index (χ0v) is 13.1. The molecule has 0 rings (SSSR count). The third-order valence-corrected chi connectivity index (χ3v) is 14.1. The summed E-state index contributed by atoms with van der Waals surface area (Å²) < 4.78 is 0. The maximum Gasteiger partial charge on any atom is 0.00809 e. The fourth-order valence-electron chi connectivity index (χ4n) is 1.33. The summed E-state index contributed by atoms with van der Waals surface area (Å²) in [5, 5.41) is 0. The van der Waals surface area contributed by atoms with E-state index < -0.39 is 0 Å². The standard InChI is InChI=1S/C8H24Si3/c1-3-4-5-6-7-8-10-11(2)9/h11H,3-8,10H2,1-2,9H3. The summed E-state index contributed by atoms with van der Waals surface area (Å²) in [5.74, 6) is 0. The van der Waals surface area contributed by atoms with Gasteiger partial charge < -0.3 is 0 Å². The molecule has 0 aliphatic heterocycles. The van der Waals surface area contributed by atoms with Crippen molar-refractivity contribution in [2.45, 2.75) is 51.6 Å². The fraction of sp³-hybridized carbons (Fsp3) is 1.00. The van der Waals surface area contributed by atoms with E-state index in [0.29, 0.717) is 9.04 Å². The average Bonchev–Trinajstić information content (AvgIpc) is 1.96. The van der Waals surface area contributed by atoms with Crippen LogP contribution in [-0.2, 0) is 0 Å². The molecule has 0 nitrogen and oxygen atoms in total. The van der Waals surface area contributed by atoms with Gasteiger partial charge in [-0.25, -0.2) is 0 Å². The first-order valence-corrected chi connectivity index (χ1v) is 15.3. The zero-order valence-electron chi connectivity index (χ0n) is 8.53. The lowest BCUT2D eigenvalue weighted by atomic mass is 10.2. The third-order valence-electron chi connectivity index (χ3n) is 2.14. The largest absolute Gasteiger partial charge is 0.0768 e. The van der Waals surface area contributed by atoms with Crippen molar-refractivity contribution in [1.82, 2.24) is 0 Å². The summed E-state index contributed by atoms with van der Waals surface area (Å²) in [4.78, 5) is 0. The van der Waals surface area contributed by atoms with E-state index in [4.69, 9.17) is 0 Å². The Bertz CT molecular complexity index is 73.7. The van der Waals surface area contributed by atoms with E-state index in [2.05, 4.69) is 13.5 Å². The minimum Gasteiger partial charge on any atom is -0.0768 e. The van der Waals surface area contributed by atoms with Gasteiger partial charge in [0.05, 0.1) is 0 Å². The number of unbranched alkanes of at least 4 members (excludes halogenated alkanes) is 4. The molecule has 0 heterocycles. The van der Waals surface area contributed by atoms with Crippen LogP contribution in [0.1, 0.15) is 39.0 Å². The minimum absolute atomic E-state index is 0.0484. The Balaban J connectivity index is 2.80. The van der Waals surface area contributed by atoms with Crippen molar-refractivity contribution < 1.29 is 0 Å². The van der Waals surface area contributed by atoms with Gasteiger partial charge in [-0.05, 0) is 9.76 Å². The van der Waals surface area contributed by atoms with Crippen LogP contribution in [0, 0.1) is 0 Å². The van der Waals surface area contributed by atoms with Crippen LogP contribution in [-0.4, -0.2) is 26.6 Å². The molecular formula is C8H24Si3. The summed E-state index contributed by atoms with van der Waals surface area (Å²) in [6, 6.07) is 1.68. The van der Waals surface area contributed by atoms with Crippen LogP contribution in [0.25, 0.3) is 0 Å². The Kier molecular flexibility index (Phi) is 9.26. The molecule has 1 unspecified atom stereocenters. The molecule has 0 saturated heterocycles. The molecule has 0 fully saturated rings. The number of hydrogen-bond acceptors (Lipinski definition) is 0. The van der Waals surface area contributed by atoms with Gasteiger partial charge in [-0.1, -0.05) is 51.6 Å². The normalized spacial score (nSPS) is 14.7.